The van der Waals surface area contributed by atoms with Crippen LogP contribution >= 0.6 is 0 Å². The van der Waals surface area contributed by atoms with Crippen molar-refractivity contribution < 1.29 is 22.5 Å². The molecule has 0 saturated carbocycles. The smallest absolute Gasteiger partial charge is 0.338 e. The molecular weight excluding hydrogens is 406 g/mol. The zero-order chi connectivity index (χ0) is 21.7. The van der Waals surface area contributed by atoms with Crippen LogP contribution in [0.1, 0.15) is 42.1 Å². The molecule has 158 valence electrons. The van der Waals surface area contributed by atoms with Crippen LogP contribution in [0, 0.1) is 6.92 Å². The van der Waals surface area contributed by atoms with Crippen LogP contribution in [-0.4, -0.2) is 30.6 Å². The number of nitrogens with one attached hydrogen (secondary N) is 1. The summed E-state index contributed by atoms with van der Waals surface area (Å²) in [6, 6.07) is 13.0. The number of rotatable bonds is 8. The number of hydrogen-bond acceptors (Lipinski definition) is 7. The van der Waals surface area contributed by atoms with Crippen molar-refractivity contribution >= 4 is 16.0 Å². The molecule has 8 nitrogen and oxygen atoms in total. The highest BCUT2D eigenvalue weighted by molar-refractivity contribution is 7.89. The van der Waals surface area contributed by atoms with Gasteiger partial charge in [-0.1, -0.05) is 41.9 Å². The second-order valence-electron chi connectivity index (χ2n) is 6.91. The Bertz CT molecular complexity index is 1110. The number of esters is 1. The fourth-order valence-electron chi connectivity index (χ4n) is 2.53. The lowest BCUT2D eigenvalue weighted by Gasteiger charge is -2.12. The zero-order valence-corrected chi connectivity index (χ0v) is 17.8. The van der Waals surface area contributed by atoms with Crippen LogP contribution in [-0.2, 0) is 21.4 Å². The molecule has 9 heteroatoms. The molecule has 2 aromatic carbocycles. The number of carbonyl (C=O) groups excluding carboxylic acids is 1. The molecule has 1 aromatic heterocycles. The fourth-order valence-corrected chi connectivity index (χ4v) is 3.86. The predicted octanol–water partition coefficient (Wildman–Crippen LogP) is 3.48. The maximum absolute atomic E-state index is 12.3. The summed E-state index contributed by atoms with van der Waals surface area (Å²) in [7, 11) is -3.63. The van der Waals surface area contributed by atoms with Gasteiger partial charge in [0.25, 0.3) is 5.89 Å². The molecule has 0 radical (unpaired) electrons. The lowest BCUT2D eigenvalue weighted by Crippen LogP contribution is -2.32. The molecule has 1 heterocycles. The van der Waals surface area contributed by atoms with Gasteiger partial charge in [-0.15, -0.1) is 0 Å². The third kappa shape index (κ3) is 5.31. The molecule has 0 bridgehead atoms. The Hall–Kier alpha value is -3.04. The van der Waals surface area contributed by atoms with Crippen molar-refractivity contribution in [2.45, 2.75) is 44.7 Å². The Morgan fingerprint density at radius 3 is 2.43 bits per heavy atom. The first-order valence-electron chi connectivity index (χ1n) is 9.47. The maximum Gasteiger partial charge on any atom is 0.338 e. The molecule has 0 aliphatic heterocycles. The molecule has 0 spiro atoms. The van der Waals surface area contributed by atoms with Gasteiger partial charge >= 0.3 is 5.97 Å². The van der Waals surface area contributed by atoms with Gasteiger partial charge in [0.1, 0.15) is 0 Å². The summed E-state index contributed by atoms with van der Waals surface area (Å²) in [5, 5.41) is 3.88. The van der Waals surface area contributed by atoms with Gasteiger partial charge in [-0.2, -0.15) is 4.98 Å². The summed E-state index contributed by atoms with van der Waals surface area (Å²) in [6.07, 6.45) is 0.672. The van der Waals surface area contributed by atoms with Crippen molar-refractivity contribution in [2.24, 2.45) is 0 Å². The normalized spacial score (nSPS) is 12.5. The second kappa shape index (κ2) is 9.19. The molecule has 1 atom stereocenters. The maximum atomic E-state index is 12.3. The van der Waals surface area contributed by atoms with E-state index >= 15 is 0 Å². The molecule has 3 aromatic rings. The quantitative estimate of drug-likeness (QED) is 0.546. The van der Waals surface area contributed by atoms with Gasteiger partial charge in [0, 0.05) is 11.6 Å². The zero-order valence-electron chi connectivity index (χ0n) is 17.0. The lowest BCUT2D eigenvalue weighted by molar-refractivity contribution is 0.0429. The van der Waals surface area contributed by atoms with E-state index in [1.165, 1.54) is 24.3 Å². The summed E-state index contributed by atoms with van der Waals surface area (Å²) in [6.45, 7) is 5.47. The number of ether oxygens (including phenoxy) is 1. The average molecular weight is 429 g/mol. The van der Waals surface area contributed by atoms with Crippen LogP contribution < -0.4 is 4.72 Å². The molecular formula is C21H23N3O5S. The first-order valence-corrected chi connectivity index (χ1v) is 11.0. The van der Waals surface area contributed by atoms with Gasteiger partial charge in [-0.3, -0.25) is 0 Å². The highest BCUT2D eigenvalue weighted by atomic mass is 32.2. The average Bonchev–Trinajstić information content (AvgIpc) is 3.21. The van der Waals surface area contributed by atoms with Crippen molar-refractivity contribution in [3.63, 3.8) is 0 Å². The van der Waals surface area contributed by atoms with E-state index in [1.54, 1.807) is 6.92 Å². The first kappa shape index (κ1) is 21.7. The Morgan fingerprint density at radius 2 is 1.80 bits per heavy atom. The molecule has 3 rings (SSSR count). The summed E-state index contributed by atoms with van der Waals surface area (Å²) in [5.41, 5.74) is 2.13. The molecule has 1 N–H and O–H groups in total. The molecule has 0 amide bonds. The van der Waals surface area contributed by atoms with Crippen molar-refractivity contribution in [3.8, 4) is 11.4 Å². The number of aromatic nitrogens is 2. The van der Waals surface area contributed by atoms with Crippen LogP contribution in [0.15, 0.2) is 57.9 Å². The Balaban J connectivity index is 1.61. The van der Waals surface area contributed by atoms with Gasteiger partial charge in [0.2, 0.25) is 15.8 Å². The highest BCUT2D eigenvalue weighted by Crippen LogP contribution is 2.17. The third-order valence-corrected chi connectivity index (χ3v) is 6.08. The Morgan fingerprint density at radius 1 is 1.13 bits per heavy atom. The van der Waals surface area contributed by atoms with E-state index in [0.717, 1.165) is 11.1 Å². The SMILES string of the molecule is CCC(C)NS(=O)(=O)c1ccc(C(=O)OCc2nc(-c3ccc(C)cc3)no2)cc1. The van der Waals surface area contributed by atoms with Crippen molar-refractivity contribution in [2.75, 3.05) is 0 Å². The van der Waals surface area contributed by atoms with Crippen molar-refractivity contribution in [1.29, 1.82) is 0 Å². The van der Waals surface area contributed by atoms with Gasteiger partial charge in [0.15, 0.2) is 6.61 Å². The number of nitrogens with zero attached hydrogens (tertiary/aromatic N) is 2. The van der Waals surface area contributed by atoms with Gasteiger partial charge in [0.05, 0.1) is 10.5 Å². The van der Waals surface area contributed by atoms with Crippen LogP contribution in [0.25, 0.3) is 11.4 Å². The van der Waals surface area contributed by atoms with Gasteiger partial charge < -0.3 is 9.26 Å². The van der Waals surface area contributed by atoms with E-state index in [2.05, 4.69) is 14.9 Å². The van der Waals surface area contributed by atoms with E-state index in [1.807, 2.05) is 38.1 Å². The van der Waals surface area contributed by atoms with Crippen LogP contribution in [0.3, 0.4) is 0 Å². The van der Waals surface area contributed by atoms with E-state index in [4.69, 9.17) is 9.26 Å². The summed E-state index contributed by atoms with van der Waals surface area (Å²) in [4.78, 5) is 16.5. The van der Waals surface area contributed by atoms with E-state index in [9.17, 15) is 13.2 Å². The van der Waals surface area contributed by atoms with E-state index < -0.39 is 16.0 Å². The molecule has 30 heavy (non-hydrogen) atoms. The minimum absolute atomic E-state index is 0.0824. The molecule has 0 fully saturated rings. The minimum Gasteiger partial charge on any atom is -0.452 e. The number of aryl methyl sites for hydroxylation is 1. The number of carbonyl (C=O) groups is 1. The van der Waals surface area contributed by atoms with Crippen LogP contribution in [0.4, 0.5) is 0 Å². The summed E-state index contributed by atoms with van der Waals surface area (Å²) < 4.78 is 37.4. The monoisotopic (exact) mass is 429 g/mol. The van der Waals surface area contributed by atoms with Gasteiger partial charge in [-0.25, -0.2) is 17.9 Å². The molecule has 1 unspecified atom stereocenters. The van der Waals surface area contributed by atoms with Crippen LogP contribution in [0.5, 0.6) is 0 Å². The highest BCUT2D eigenvalue weighted by Gasteiger charge is 2.18. The van der Waals surface area contributed by atoms with E-state index in [0.29, 0.717) is 12.2 Å². The Labute approximate surface area is 175 Å². The molecule has 0 aliphatic rings. The summed E-state index contributed by atoms with van der Waals surface area (Å²) >= 11 is 0. The largest absolute Gasteiger partial charge is 0.452 e. The second-order valence-corrected chi connectivity index (χ2v) is 8.62. The lowest BCUT2D eigenvalue weighted by atomic mass is 10.1. The topological polar surface area (TPSA) is 111 Å². The predicted molar refractivity (Wildman–Crippen MR) is 110 cm³/mol. The van der Waals surface area contributed by atoms with Crippen molar-refractivity contribution in [3.05, 3.63) is 65.5 Å². The first-order chi connectivity index (χ1) is 14.3. The summed E-state index contributed by atoms with van der Waals surface area (Å²) in [5.74, 6) is -0.0517. The van der Waals surface area contributed by atoms with Crippen molar-refractivity contribution in [1.82, 2.24) is 14.9 Å². The van der Waals surface area contributed by atoms with Gasteiger partial charge in [-0.05, 0) is 44.5 Å². The Kier molecular flexibility index (Phi) is 6.63. The van der Waals surface area contributed by atoms with Crippen LogP contribution in [0.2, 0.25) is 0 Å². The standard InChI is InChI=1S/C21H23N3O5S/c1-4-15(3)24-30(26,27)18-11-9-17(10-12-18)21(25)28-13-19-22-20(23-29-19)16-7-5-14(2)6-8-16/h5-12,15,24H,4,13H2,1-3H3. The molecule has 0 aliphatic carbocycles. The number of hydrogen-bond donors (Lipinski definition) is 1. The number of sulfonamides is 1. The van der Waals surface area contributed by atoms with E-state index in [-0.39, 0.29) is 29.0 Å². The fraction of sp³-hybridized carbons (Fsp3) is 0.286. The number of benzene rings is 2. The third-order valence-electron chi connectivity index (χ3n) is 4.47. The molecule has 0 saturated heterocycles. The minimum atomic E-state index is -3.63.